The van der Waals surface area contributed by atoms with E-state index in [2.05, 4.69) is 31.2 Å². The molecule has 1 aromatic carbocycles. The first-order chi connectivity index (χ1) is 9.74. The van der Waals surface area contributed by atoms with Gasteiger partial charge in [-0.2, -0.15) is 0 Å². The first-order valence-corrected chi connectivity index (χ1v) is 7.19. The molecule has 0 aliphatic rings. The second kappa shape index (κ2) is 7.09. The topological polar surface area (TPSA) is 56.3 Å². The number of hydrogen-bond donors (Lipinski definition) is 1. The highest BCUT2D eigenvalue weighted by atomic mass is 79.9. The molecule has 0 saturated heterocycles. The average molecular weight is 338 g/mol. The summed E-state index contributed by atoms with van der Waals surface area (Å²) in [7, 11) is 0. The summed E-state index contributed by atoms with van der Waals surface area (Å²) in [5, 5.41) is 3.13. The van der Waals surface area contributed by atoms with Crippen molar-refractivity contribution in [3.05, 3.63) is 35.1 Å². The minimum absolute atomic E-state index is 0.472. The highest BCUT2D eigenvalue weighted by Gasteiger charge is 2.10. The molecule has 0 saturated carbocycles. The van der Waals surface area contributed by atoms with Crippen LogP contribution in [0.15, 0.2) is 35.1 Å². The van der Waals surface area contributed by atoms with E-state index in [0.29, 0.717) is 28.5 Å². The van der Waals surface area contributed by atoms with E-state index in [-0.39, 0.29) is 0 Å². The van der Waals surface area contributed by atoms with Crippen LogP contribution in [0.25, 0.3) is 0 Å². The molecule has 0 radical (unpaired) electrons. The number of rotatable bonds is 6. The lowest BCUT2D eigenvalue weighted by Crippen LogP contribution is -2.02. The predicted octanol–water partition coefficient (Wildman–Crippen LogP) is 3.86. The Kier molecular flexibility index (Phi) is 5.17. The van der Waals surface area contributed by atoms with Gasteiger partial charge in [0.15, 0.2) is 0 Å². The maximum Gasteiger partial charge on any atom is 0.238 e. The van der Waals surface area contributed by atoms with E-state index < -0.39 is 0 Å². The number of nitrogens with one attached hydrogen (secondary N) is 1. The highest BCUT2D eigenvalue weighted by molar-refractivity contribution is 9.10. The molecule has 2 rings (SSSR count). The normalized spacial score (nSPS) is 10.2. The molecule has 106 valence electrons. The second-order valence-corrected chi connectivity index (χ2v) is 4.67. The number of hydrogen-bond acceptors (Lipinski definition) is 5. The summed E-state index contributed by atoms with van der Waals surface area (Å²) in [6, 6.07) is 7.40. The van der Waals surface area contributed by atoms with Crippen LogP contribution in [-0.2, 0) is 0 Å². The molecule has 0 bridgehead atoms. The van der Waals surface area contributed by atoms with Gasteiger partial charge in [0.2, 0.25) is 5.88 Å². The van der Waals surface area contributed by atoms with Gasteiger partial charge in [0.25, 0.3) is 0 Å². The van der Waals surface area contributed by atoms with Gasteiger partial charge in [0.05, 0.1) is 6.61 Å². The number of benzene rings is 1. The zero-order chi connectivity index (χ0) is 14.4. The van der Waals surface area contributed by atoms with Crippen LogP contribution in [0.3, 0.4) is 0 Å². The maximum atomic E-state index is 5.74. The molecule has 0 unspecified atom stereocenters. The summed E-state index contributed by atoms with van der Waals surface area (Å²) in [6.45, 7) is 5.37. The summed E-state index contributed by atoms with van der Waals surface area (Å²) >= 11 is 3.44. The van der Waals surface area contributed by atoms with Gasteiger partial charge < -0.3 is 14.8 Å². The molecule has 1 aromatic heterocycles. The van der Waals surface area contributed by atoms with Gasteiger partial charge in [0, 0.05) is 6.54 Å². The molecule has 0 amide bonds. The minimum atomic E-state index is 0.472. The molecular weight excluding hydrogens is 322 g/mol. The van der Waals surface area contributed by atoms with Crippen molar-refractivity contribution in [2.75, 3.05) is 18.5 Å². The Morgan fingerprint density at radius 3 is 2.45 bits per heavy atom. The summed E-state index contributed by atoms with van der Waals surface area (Å²) in [6.07, 6.45) is 1.46. The van der Waals surface area contributed by atoms with Gasteiger partial charge in [-0.1, -0.05) is 0 Å². The molecule has 0 aliphatic carbocycles. The van der Waals surface area contributed by atoms with Crippen molar-refractivity contribution in [3.63, 3.8) is 0 Å². The zero-order valence-corrected chi connectivity index (χ0v) is 13.0. The quantitative estimate of drug-likeness (QED) is 0.867. The molecule has 0 fully saturated rings. The fourth-order valence-corrected chi connectivity index (χ4v) is 2.02. The van der Waals surface area contributed by atoms with E-state index >= 15 is 0 Å². The molecule has 1 N–H and O–H groups in total. The van der Waals surface area contributed by atoms with Crippen LogP contribution in [-0.4, -0.2) is 23.1 Å². The van der Waals surface area contributed by atoms with Gasteiger partial charge in [-0.3, -0.25) is 0 Å². The minimum Gasteiger partial charge on any atom is -0.494 e. The van der Waals surface area contributed by atoms with Gasteiger partial charge in [-0.05, 0) is 54.0 Å². The molecular formula is C14H16BrN3O2. The number of halogens is 1. The first-order valence-electron chi connectivity index (χ1n) is 6.39. The maximum absolute atomic E-state index is 5.74. The first kappa shape index (κ1) is 14.6. The Morgan fingerprint density at radius 1 is 1.10 bits per heavy atom. The smallest absolute Gasteiger partial charge is 0.238 e. The number of nitrogens with zero attached hydrogens (tertiary/aromatic N) is 2. The Bertz CT molecular complexity index is 561. The summed E-state index contributed by atoms with van der Waals surface area (Å²) in [5.74, 6) is 2.69. The van der Waals surface area contributed by atoms with Crippen molar-refractivity contribution in [1.82, 2.24) is 9.97 Å². The largest absolute Gasteiger partial charge is 0.494 e. The Hall–Kier alpha value is -1.82. The molecule has 6 heteroatoms. The molecule has 0 spiro atoms. The summed E-state index contributed by atoms with van der Waals surface area (Å²) in [5.41, 5.74) is 0. The molecule has 1 heterocycles. The molecule has 5 nitrogen and oxygen atoms in total. The summed E-state index contributed by atoms with van der Waals surface area (Å²) < 4.78 is 11.8. The van der Waals surface area contributed by atoms with E-state index in [9.17, 15) is 0 Å². The van der Waals surface area contributed by atoms with E-state index in [1.807, 2.05) is 38.1 Å². The van der Waals surface area contributed by atoms with E-state index in [4.69, 9.17) is 9.47 Å². The monoisotopic (exact) mass is 337 g/mol. The summed E-state index contributed by atoms with van der Waals surface area (Å²) in [4.78, 5) is 8.26. The SMILES string of the molecule is CCNc1ncnc(Oc2ccc(OCC)cc2)c1Br. The van der Waals surface area contributed by atoms with Gasteiger partial charge >= 0.3 is 0 Å². The molecule has 2 aromatic rings. The second-order valence-electron chi connectivity index (χ2n) is 3.88. The lowest BCUT2D eigenvalue weighted by atomic mass is 10.3. The lowest BCUT2D eigenvalue weighted by molar-refractivity contribution is 0.339. The third-order valence-corrected chi connectivity index (χ3v) is 3.17. The fourth-order valence-electron chi connectivity index (χ4n) is 1.60. The Balaban J connectivity index is 2.15. The van der Waals surface area contributed by atoms with Crippen molar-refractivity contribution in [2.45, 2.75) is 13.8 Å². The molecule has 20 heavy (non-hydrogen) atoms. The lowest BCUT2D eigenvalue weighted by Gasteiger charge is -2.10. The van der Waals surface area contributed by atoms with Crippen molar-refractivity contribution in [3.8, 4) is 17.4 Å². The van der Waals surface area contributed by atoms with Crippen LogP contribution in [0.4, 0.5) is 5.82 Å². The van der Waals surface area contributed by atoms with Crippen molar-refractivity contribution >= 4 is 21.7 Å². The van der Waals surface area contributed by atoms with Crippen molar-refractivity contribution in [2.24, 2.45) is 0 Å². The Morgan fingerprint density at radius 2 is 1.80 bits per heavy atom. The fraction of sp³-hybridized carbons (Fsp3) is 0.286. The van der Waals surface area contributed by atoms with E-state index in [1.54, 1.807) is 0 Å². The van der Waals surface area contributed by atoms with E-state index in [0.717, 1.165) is 12.3 Å². The average Bonchev–Trinajstić information content (AvgIpc) is 2.46. The Labute approximate surface area is 126 Å². The van der Waals surface area contributed by atoms with Crippen LogP contribution < -0.4 is 14.8 Å². The van der Waals surface area contributed by atoms with Crippen LogP contribution in [0.5, 0.6) is 17.4 Å². The van der Waals surface area contributed by atoms with Crippen LogP contribution in [0, 0.1) is 0 Å². The van der Waals surface area contributed by atoms with Crippen LogP contribution in [0.1, 0.15) is 13.8 Å². The highest BCUT2D eigenvalue weighted by Crippen LogP contribution is 2.32. The predicted molar refractivity (Wildman–Crippen MR) is 81.6 cm³/mol. The number of anilines is 1. The zero-order valence-electron chi connectivity index (χ0n) is 11.4. The van der Waals surface area contributed by atoms with E-state index in [1.165, 1.54) is 6.33 Å². The van der Waals surface area contributed by atoms with Gasteiger partial charge in [-0.15, -0.1) is 0 Å². The molecule has 0 aliphatic heterocycles. The molecule has 0 atom stereocenters. The van der Waals surface area contributed by atoms with Gasteiger partial charge in [-0.25, -0.2) is 9.97 Å². The van der Waals surface area contributed by atoms with Gasteiger partial charge in [0.1, 0.15) is 28.1 Å². The number of aromatic nitrogens is 2. The van der Waals surface area contributed by atoms with Crippen LogP contribution >= 0.6 is 15.9 Å². The van der Waals surface area contributed by atoms with Crippen molar-refractivity contribution < 1.29 is 9.47 Å². The number of ether oxygens (including phenoxy) is 2. The van der Waals surface area contributed by atoms with Crippen LogP contribution in [0.2, 0.25) is 0 Å². The standard InChI is InChI=1S/C14H16BrN3O2/c1-3-16-13-12(15)14(18-9-17-13)20-11-7-5-10(6-8-11)19-4-2/h5-9H,3-4H2,1-2H3,(H,16,17,18). The third-order valence-electron chi connectivity index (χ3n) is 2.45. The third kappa shape index (κ3) is 3.60. The van der Waals surface area contributed by atoms with Crippen molar-refractivity contribution in [1.29, 1.82) is 0 Å².